The summed E-state index contributed by atoms with van der Waals surface area (Å²) in [6, 6.07) is 0.0462. The molecule has 3 rings (SSSR count). The lowest BCUT2D eigenvalue weighted by molar-refractivity contribution is -0.163. The van der Waals surface area contributed by atoms with Gasteiger partial charge in [0.2, 0.25) is 29.5 Å². The monoisotopic (exact) mass is 943 g/mol. The topological polar surface area (TPSA) is 239 Å². The van der Waals surface area contributed by atoms with E-state index >= 15 is 0 Å². The second-order valence-corrected chi connectivity index (χ2v) is 19.8. The van der Waals surface area contributed by atoms with Crippen LogP contribution in [0.25, 0.3) is 0 Å². The second kappa shape index (κ2) is 25.9. The fourth-order valence-corrected chi connectivity index (χ4v) is 8.53. The molecule has 10 atom stereocenters. The van der Waals surface area contributed by atoms with Crippen molar-refractivity contribution in [1.82, 2.24) is 31.1 Å². The number of carbonyl (C=O) groups is 8. The molecule has 0 aliphatic carbocycles. The molecule has 0 saturated carbocycles. The number of ether oxygens (including phenoxy) is 3. The van der Waals surface area contributed by atoms with Crippen molar-refractivity contribution in [3.63, 3.8) is 0 Å². The van der Waals surface area contributed by atoms with Gasteiger partial charge in [-0.2, -0.15) is 0 Å². The summed E-state index contributed by atoms with van der Waals surface area (Å²) in [6.07, 6.45) is -3.55. The van der Waals surface area contributed by atoms with Crippen LogP contribution >= 0.6 is 0 Å². The fourth-order valence-electron chi connectivity index (χ4n) is 8.53. The zero-order chi connectivity index (χ0) is 50.4. The van der Waals surface area contributed by atoms with E-state index in [0.29, 0.717) is 24.2 Å². The first kappa shape index (κ1) is 56.2. The summed E-state index contributed by atoms with van der Waals surface area (Å²) >= 11 is 0. The quantitative estimate of drug-likeness (QED) is 0.142. The molecule has 2 aliphatic heterocycles. The average Bonchev–Trinajstić information content (AvgIpc) is 3.76. The van der Waals surface area contributed by atoms with Gasteiger partial charge < -0.3 is 50.4 Å². The Kier molecular flexibility index (Phi) is 21.7. The first-order valence-corrected chi connectivity index (χ1v) is 23.8. The SMILES string of the molecule is CNC(CC(C)C)C(=O)NC1C(=O)NC(CC(C)C)C(O)CC(=O)OC(C(C)C)C(=O)C(C)C(=O)NC(CC(C)C)C(=O)N2CCCC2C(=O)N(C)C(Cc2ccc(OC)cc2)C(=O)OC1C. The minimum atomic E-state index is -1.55. The molecule has 18 heteroatoms. The molecule has 0 spiro atoms. The van der Waals surface area contributed by atoms with E-state index in [0.717, 1.165) is 0 Å². The first-order chi connectivity index (χ1) is 31.4. The molecule has 0 bridgehead atoms. The molecule has 2 saturated heterocycles. The number of amides is 5. The van der Waals surface area contributed by atoms with Crippen molar-refractivity contribution in [3.8, 4) is 5.75 Å². The Hall–Kier alpha value is -5.10. The van der Waals surface area contributed by atoms with Crippen LogP contribution in [0.3, 0.4) is 0 Å². The van der Waals surface area contributed by atoms with E-state index in [1.54, 1.807) is 45.2 Å². The van der Waals surface area contributed by atoms with Crippen molar-refractivity contribution >= 4 is 47.3 Å². The average molecular weight is 943 g/mol. The second-order valence-electron chi connectivity index (χ2n) is 19.8. The smallest absolute Gasteiger partial charge is 0.329 e. The molecule has 10 unspecified atom stereocenters. The number of nitrogens with zero attached hydrogens (tertiary/aromatic N) is 2. The van der Waals surface area contributed by atoms with Crippen LogP contribution in [0.5, 0.6) is 5.75 Å². The molecule has 1 aromatic carbocycles. The molecule has 0 radical (unpaired) electrons. The number of esters is 2. The molecular weight excluding hydrogens is 865 g/mol. The zero-order valence-corrected chi connectivity index (χ0v) is 41.9. The first-order valence-electron chi connectivity index (χ1n) is 23.8. The number of benzene rings is 1. The Morgan fingerprint density at radius 3 is 2.04 bits per heavy atom. The molecule has 2 heterocycles. The highest BCUT2D eigenvalue weighted by atomic mass is 16.6. The van der Waals surface area contributed by atoms with E-state index in [1.165, 1.54) is 37.8 Å². The lowest BCUT2D eigenvalue weighted by Gasteiger charge is -2.35. The third-order valence-electron chi connectivity index (χ3n) is 12.4. The van der Waals surface area contributed by atoms with Gasteiger partial charge in [-0.05, 0) is 94.4 Å². The van der Waals surface area contributed by atoms with Crippen LogP contribution in [0.2, 0.25) is 0 Å². The van der Waals surface area contributed by atoms with Gasteiger partial charge in [0.1, 0.15) is 36.0 Å². The van der Waals surface area contributed by atoms with Gasteiger partial charge in [0, 0.05) is 20.0 Å². The highest BCUT2D eigenvalue weighted by Crippen LogP contribution is 2.26. The van der Waals surface area contributed by atoms with Crippen molar-refractivity contribution in [2.45, 2.75) is 169 Å². The van der Waals surface area contributed by atoms with Crippen LogP contribution in [0.1, 0.15) is 113 Å². The number of hydrogen-bond acceptors (Lipinski definition) is 13. The number of cyclic esters (lactones) is 2. The summed E-state index contributed by atoms with van der Waals surface area (Å²) in [5.41, 5.74) is 0.632. The van der Waals surface area contributed by atoms with Crippen LogP contribution in [-0.2, 0) is 54.3 Å². The Morgan fingerprint density at radius 2 is 1.49 bits per heavy atom. The van der Waals surface area contributed by atoms with Crippen LogP contribution in [0.15, 0.2) is 24.3 Å². The number of aliphatic hydroxyl groups excluding tert-OH is 1. The van der Waals surface area contributed by atoms with E-state index in [-0.39, 0.29) is 50.0 Å². The lowest BCUT2D eigenvalue weighted by atomic mass is 9.92. The van der Waals surface area contributed by atoms with Crippen molar-refractivity contribution in [1.29, 1.82) is 0 Å². The molecule has 5 amide bonds. The standard InChI is InChI=1S/C49H78N6O12/c1-26(2)21-34-39(56)25-40(57)67-43(29(7)8)42(58)30(9)44(59)52-36(23-28(5)6)47(62)55-20-14-15-37(55)48(63)54(12)38(24-32-16-18-33(65-13)19-17-32)49(64)66-31(10)41(46(61)51-34)53-45(60)35(50-11)22-27(3)4/h16-19,26-31,34-39,41,43,50,56H,14-15,20-25H2,1-13H3,(H,51,61)(H,52,59)(H,53,60). The van der Waals surface area contributed by atoms with Gasteiger partial charge in [0.25, 0.3) is 0 Å². The Balaban J connectivity index is 2.23. The van der Waals surface area contributed by atoms with E-state index in [4.69, 9.17) is 14.2 Å². The summed E-state index contributed by atoms with van der Waals surface area (Å²) in [5, 5.41) is 22.8. The molecule has 1 aromatic rings. The highest BCUT2D eigenvalue weighted by molar-refractivity contribution is 6.05. The van der Waals surface area contributed by atoms with Gasteiger partial charge >= 0.3 is 11.9 Å². The van der Waals surface area contributed by atoms with E-state index in [1.807, 2.05) is 41.5 Å². The largest absolute Gasteiger partial charge is 0.497 e. The maximum Gasteiger partial charge on any atom is 0.329 e. The third-order valence-corrected chi connectivity index (χ3v) is 12.4. The van der Waals surface area contributed by atoms with Gasteiger partial charge in [0.05, 0.1) is 37.6 Å². The molecule has 67 heavy (non-hydrogen) atoms. The van der Waals surface area contributed by atoms with Crippen LogP contribution in [0, 0.1) is 29.6 Å². The number of methoxy groups -OCH3 is 1. The lowest BCUT2D eigenvalue weighted by Crippen LogP contribution is -2.60. The van der Waals surface area contributed by atoms with Crippen molar-refractivity contribution in [3.05, 3.63) is 29.8 Å². The molecule has 5 N–H and O–H groups in total. The third kappa shape index (κ3) is 16.0. The normalized spacial score (nSPS) is 27.4. The van der Waals surface area contributed by atoms with Crippen molar-refractivity contribution in [2.24, 2.45) is 29.6 Å². The molecule has 0 aromatic heterocycles. The zero-order valence-electron chi connectivity index (χ0n) is 41.9. The maximum absolute atomic E-state index is 14.7. The summed E-state index contributed by atoms with van der Waals surface area (Å²) < 4.78 is 17.1. The Bertz CT molecular complexity index is 1870. The van der Waals surface area contributed by atoms with Crippen molar-refractivity contribution < 1.29 is 57.7 Å². The number of aliphatic hydroxyl groups is 1. The predicted molar refractivity (Wildman–Crippen MR) is 250 cm³/mol. The minimum Gasteiger partial charge on any atom is -0.497 e. The minimum absolute atomic E-state index is 0.0496. The van der Waals surface area contributed by atoms with Crippen LogP contribution < -0.4 is 26.0 Å². The van der Waals surface area contributed by atoms with Crippen LogP contribution in [-0.4, -0.2) is 144 Å². The van der Waals surface area contributed by atoms with Gasteiger partial charge in [-0.3, -0.25) is 33.6 Å². The highest BCUT2D eigenvalue weighted by Gasteiger charge is 2.44. The number of nitrogens with one attached hydrogen (secondary N) is 4. The van der Waals surface area contributed by atoms with E-state index in [9.17, 15) is 43.5 Å². The molecule has 376 valence electrons. The Morgan fingerprint density at radius 1 is 0.866 bits per heavy atom. The van der Waals surface area contributed by atoms with E-state index in [2.05, 4.69) is 21.3 Å². The summed E-state index contributed by atoms with van der Waals surface area (Å²) in [7, 11) is 4.56. The molecule has 2 aliphatic rings. The fraction of sp³-hybridized carbons (Fsp3) is 0.714. The molecular formula is C49H78N6O12. The summed E-state index contributed by atoms with van der Waals surface area (Å²) in [5.74, 6) is -7.39. The van der Waals surface area contributed by atoms with E-state index < -0.39 is 120 Å². The molecule has 2 fully saturated rings. The number of fused-ring (bicyclic) bond motifs is 1. The van der Waals surface area contributed by atoms with Crippen molar-refractivity contribution in [2.75, 3.05) is 27.7 Å². The number of likely N-dealkylation sites (N-methyl/N-ethyl adjacent to an activating group) is 2. The number of carbonyl (C=O) groups excluding carboxylic acids is 8. The summed E-state index contributed by atoms with van der Waals surface area (Å²) in [4.78, 5) is 116. The van der Waals surface area contributed by atoms with Crippen LogP contribution in [0.4, 0.5) is 0 Å². The maximum atomic E-state index is 14.7. The van der Waals surface area contributed by atoms with Gasteiger partial charge in [-0.15, -0.1) is 0 Å². The summed E-state index contributed by atoms with van der Waals surface area (Å²) in [6.45, 7) is 17.6. The van der Waals surface area contributed by atoms with Gasteiger partial charge in [-0.25, -0.2) is 4.79 Å². The Labute approximate surface area is 396 Å². The number of hydrogen-bond donors (Lipinski definition) is 5. The van der Waals surface area contributed by atoms with Gasteiger partial charge in [0.15, 0.2) is 11.9 Å². The van der Waals surface area contributed by atoms with Gasteiger partial charge in [-0.1, -0.05) is 67.5 Å². The molecule has 18 nitrogen and oxygen atoms in total. The number of Topliss-reactive ketones (excluding diaryl/α,β-unsaturated/α-hetero) is 1. The predicted octanol–water partition coefficient (Wildman–Crippen LogP) is 2.71. The number of rotatable bonds is 13. The number of ketones is 1.